The van der Waals surface area contributed by atoms with Crippen molar-refractivity contribution in [3.05, 3.63) is 65.0 Å². The van der Waals surface area contributed by atoms with Crippen LogP contribution >= 0.6 is 11.8 Å². The molecule has 21 heavy (non-hydrogen) atoms. The van der Waals surface area contributed by atoms with Crippen molar-refractivity contribution in [1.29, 1.82) is 0 Å². The van der Waals surface area contributed by atoms with Gasteiger partial charge in [-0.2, -0.15) is 0 Å². The Morgan fingerprint density at radius 1 is 1.19 bits per heavy atom. The van der Waals surface area contributed by atoms with Crippen LogP contribution < -0.4 is 5.32 Å². The lowest BCUT2D eigenvalue weighted by Gasteiger charge is -2.16. The summed E-state index contributed by atoms with van der Waals surface area (Å²) in [6.45, 7) is 3.81. The second-order valence-electron chi connectivity index (χ2n) is 4.93. The number of thioether (sulfide) groups is 1. The van der Waals surface area contributed by atoms with E-state index in [1.807, 2.05) is 38.3 Å². The van der Waals surface area contributed by atoms with E-state index in [0.717, 1.165) is 16.0 Å². The highest BCUT2D eigenvalue weighted by Crippen LogP contribution is 2.20. The zero-order chi connectivity index (χ0) is 15.4. The van der Waals surface area contributed by atoms with Crippen molar-refractivity contribution >= 4 is 17.7 Å². The van der Waals surface area contributed by atoms with E-state index in [9.17, 15) is 9.18 Å². The molecule has 4 heteroatoms. The van der Waals surface area contributed by atoms with Crippen molar-refractivity contribution < 1.29 is 9.18 Å². The molecule has 0 fully saturated rings. The van der Waals surface area contributed by atoms with E-state index in [0.29, 0.717) is 5.56 Å². The van der Waals surface area contributed by atoms with Gasteiger partial charge in [0.2, 0.25) is 0 Å². The van der Waals surface area contributed by atoms with Crippen molar-refractivity contribution in [2.45, 2.75) is 24.8 Å². The summed E-state index contributed by atoms with van der Waals surface area (Å²) in [5.41, 5.74) is 2.50. The molecule has 2 aromatic carbocycles. The van der Waals surface area contributed by atoms with Crippen LogP contribution in [0.3, 0.4) is 0 Å². The zero-order valence-corrected chi connectivity index (χ0v) is 13.1. The van der Waals surface area contributed by atoms with Crippen LogP contribution in [-0.4, -0.2) is 12.2 Å². The minimum atomic E-state index is -0.277. The molecule has 0 radical (unpaired) electrons. The number of halogens is 1. The maximum Gasteiger partial charge on any atom is 0.252 e. The summed E-state index contributed by atoms with van der Waals surface area (Å²) in [6.07, 6.45) is 1.98. The number of benzene rings is 2. The van der Waals surface area contributed by atoms with Gasteiger partial charge in [-0.05, 0) is 55.5 Å². The van der Waals surface area contributed by atoms with Crippen molar-refractivity contribution in [1.82, 2.24) is 5.32 Å². The number of carbonyl (C=O) groups is 1. The number of aryl methyl sites for hydroxylation is 1. The topological polar surface area (TPSA) is 29.1 Å². The van der Waals surface area contributed by atoms with Gasteiger partial charge in [-0.15, -0.1) is 11.8 Å². The van der Waals surface area contributed by atoms with E-state index in [2.05, 4.69) is 5.32 Å². The first kappa shape index (κ1) is 15.6. The molecule has 0 aliphatic rings. The fourth-order valence-corrected chi connectivity index (χ4v) is 2.52. The quantitative estimate of drug-likeness (QED) is 0.851. The van der Waals surface area contributed by atoms with E-state index in [-0.39, 0.29) is 17.8 Å². The van der Waals surface area contributed by atoms with E-state index in [1.54, 1.807) is 23.9 Å². The Morgan fingerprint density at radius 3 is 2.48 bits per heavy atom. The number of nitrogens with one attached hydrogen (secondary N) is 1. The molecular formula is C17H18FNOS. The van der Waals surface area contributed by atoms with Crippen LogP contribution in [0.4, 0.5) is 4.39 Å². The molecule has 0 saturated carbocycles. The van der Waals surface area contributed by atoms with Crippen molar-refractivity contribution in [2.24, 2.45) is 0 Å². The molecule has 0 aromatic heterocycles. The summed E-state index contributed by atoms with van der Waals surface area (Å²) in [7, 11) is 0. The first-order chi connectivity index (χ1) is 10.0. The summed E-state index contributed by atoms with van der Waals surface area (Å²) in [5.74, 6) is -0.388. The van der Waals surface area contributed by atoms with Crippen LogP contribution in [0.1, 0.15) is 34.5 Å². The summed E-state index contributed by atoms with van der Waals surface area (Å²) in [4.78, 5) is 13.4. The van der Waals surface area contributed by atoms with Crippen LogP contribution in [0.5, 0.6) is 0 Å². The molecule has 1 N–H and O–H groups in total. The maximum atomic E-state index is 12.9. The maximum absolute atomic E-state index is 12.9. The third kappa shape index (κ3) is 3.85. The van der Waals surface area contributed by atoms with Crippen molar-refractivity contribution in [3.8, 4) is 0 Å². The first-order valence-corrected chi connectivity index (χ1v) is 7.94. The highest BCUT2D eigenvalue weighted by atomic mass is 32.2. The highest BCUT2D eigenvalue weighted by Gasteiger charge is 2.14. The van der Waals surface area contributed by atoms with Gasteiger partial charge in [0.1, 0.15) is 5.82 Å². The Morgan fingerprint density at radius 2 is 1.86 bits per heavy atom. The van der Waals surface area contributed by atoms with Gasteiger partial charge >= 0.3 is 0 Å². The predicted octanol–water partition coefficient (Wildman–Crippen LogP) is 4.35. The average Bonchev–Trinajstić information content (AvgIpc) is 2.48. The largest absolute Gasteiger partial charge is 0.346 e. The number of rotatable bonds is 4. The van der Waals surface area contributed by atoms with Crippen molar-refractivity contribution in [2.75, 3.05) is 6.26 Å². The number of hydrogen-bond acceptors (Lipinski definition) is 2. The smallest absolute Gasteiger partial charge is 0.252 e. The molecule has 0 spiro atoms. The Hall–Kier alpha value is -1.81. The van der Waals surface area contributed by atoms with Crippen LogP contribution in [-0.2, 0) is 0 Å². The second kappa shape index (κ2) is 6.76. The molecule has 0 bridgehead atoms. The van der Waals surface area contributed by atoms with Gasteiger partial charge in [-0.1, -0.05) is 18.2 Å². The summed E-state index contributed by atoms with van der Waals surface area (Å²) < 4.78 is 12.9. The summed E-state index contributed by atoms with van der Waals surface area (Å²) in [5, 5.41) is 2.95. The zero-order valence-electron chi connectivity index (χ0n) is 12.3. The van der Waals surface area contributed by atoms with Gasteiger partial charge in [0.15, 0.2) is 0 Å². The van der Waals surface area contributed by atoms with Gasteiger partial charge in [-0.3, -0.25) is 4.79 Å². The van der Waals surface area contributed by atoms with Gasteiger partial charge < -0.3 is 5.32 Å². The SMILES string of the molecule is CSc1ccc(C)c(C(=O)NC(C)c2ccc(F)cc2)c1. The Labute approximate surface area is 128 Å². The molecule has 2 rings (SSSR count). The molecule has 1 unspecified atom stereocenters. The summed E-state index contributed by atoms with van der Waals surface area (Å²) in [6, 6.07) is 11.8. The molecule has 0 aliphatic carbocycles. The van der Waals surface area contributed by atoms with E-state index in [4.69, 9.17) is 0 Å². The number of amides is 1. The minimum Gasteiger partial charge on any atom is -0.346 e. The molecule has 0 aliphatic heterocycles. The normalized spacial score (nSPS) is 12.0. The lowest BCUT2D eigenvalue weighted by molar-refractivity contribution is 0.0939. The highest BCUT2D eigenvalue weighted by molar-refractivity contribution is 7.98. The molecule has 2 nitrogen and oxygen atoms in total. The molecule has 1 atom stereocenters. The molecular weight excluding hydrogens is 285 g/mol. The van der Waals surface area contributed by atoms with Gasteiger partial charge in [0, 0.05) is 10.5 Å². The van der Waals surface area contributed by atoms with Crippen LogP contribution in [0, 0.1) is 12.7 Å². The lowest BCUT2D eigenvalue weighted by atomic mass is 10.1. The van der Waals surface area contributed by atoms with E-state index < -0.39 is 0 Å². The van der Waals surface area contributed by atoms with Gasteiger partial charge in [0.25, 0.3) is 5.91 Å². The van der Waals surface area contributed by atoms with Crippen molar-refractivity contribution in [3.63, 3.8) is 0 Å². The molecule has 0 heterocycles. The van der Waals surface area contributed by atoms with Crippen LogP contribution in [0.2, 0.25) is 0 Å². The minimum absolute atomic E-state index is 0.111. The molecule has 110 valence electrons. The second-order valence-corrected chi connectivity index (χ2v) is 5.81. The van der Waals surface area contributed by atoms with Crippen LogP contribution in [0.15, 0.2) is 47.4 Å². The van der Waals surface area contributed by atoms with E-state index in [1.165, 1.54) is 12.1 Å². The molecule has 2 aromatic rings. The standard InChI is InChI=1S/C17H18FNOS/c1-11-4-9-15(21-3)10-16(11)17(20)19-12(2)13-5-7-14(18)8-6-13/h4-10,12H,1-3H3,(H,19,20). The monoisotopic (exact) mass is 303 g/mol. The Kier molecular flexibility index (Phi) is 5.02. The average molecular weight is 303 g/mol. The Bertz CT molecular complexity index is 640. The molecule has 0 saturated heterocycles. The number of carbonyl (C=O) groups excluding carboxylic acids is 1. The third-order valence-corrected chi connectivity index (χ3v) is 4.13. The lowest BCUT2D eigenvalue weighted by Crippen LogP contribution is -2.27. The predicted molar refractivity (Wildman–Crippen MR) is 85.2 cm³/mol. The van der Waals surface area contributed by atoms with Gasteiger partial charge in [-0.25, -0.2) is 4.39 Å². The fraction of sp³-hybridized carbons (Fsp3) is 0.235. The first-order valence-electron chi connectivity index (χ1n) is 6.72. The third-order valence-electron chi connectivity index (χ3n) is 3.41. The summed E-state index contributed by atoms with van der Waals surface area (Å²) >= 11 is 1.60. The Balaban J connectivity index is 2.15. The fourth-order valence-electron chi connectivity index (χ4n) is 2.08. The number of hydrogen-bond donors (Lipinski definition) is 1. The van der Waals surface area contributed by atoms with Crippen LogP contribution in [0.25, 0.3) is 0 Å². The van der Waals surface area contributed by atoms with Gasteiger partial charge in [0.05, 0.1) is 6.04 Å². The molecule has 1 amide bonds. The van der Waals surface area contributed by atoms with E-state index >= 15 is 0 Å².